The van der Waals surface area contributed by atoms with Crippen LogP contribution in [-0.2, 0) is 4.79 Å². The second-order valence-corrected chi connectivity index (χ2v) is 6.80. The van der Waals surface area contributed by atoms with Gasteiger partial charge in [-0.05, 0) is 44.1 Å². The van der Waals surface area contributed by atoms with Gasteiger partial charge >= 0.3 is 0 Å². The van der Waals surface area contributed by atoms with Crippen molar-refractivity contribution in [2.45, 2.75) is 76.3 Å². The van der Waals surface area contributed by atoms with Crippen LogP contribution in [0.2, 0.25) is 0 Å². The average molecular weight is 264 g/mol. The topological polar surface area (TPSA) is 41.1 Å². The first-order valence-corrected chi connectivity index (χ1v) is 8.35. The molecule has 3 fully saturated rings. The predicted octanol–water partition coefficient (Wildman–Crippen LogP) is 2.60. The van der Waals surface area contributed by atoms with Gasteiger partial charge in [0, 0.05) is 18.5 Å². The summed E-state index contributed by atoms with van der Waals surface area (Å²) in [5.74, 6) is 2.02. The van der Waals surface area contributed by atoms with Crippen LogP contribution in [0.15, 0.2) is 0 Å². The van der Waals surface area contributed by atoms with Crippen LogP contribution in [0.5, 0.6) is 0 Å². The fourth-order valence-corrected chi connectivity index (χ4v) is 4.05. The largest absolute Gasteiger partial charge is 0.353 e. The van der Waals surface area contributed by atoms with Crippen molar-refractivity contribution in [1.29, 1.82) is 0 Å². The zero-order chi connectivity index (χ0) is 13.1. The van der Waals surface area contributed by atoms with Gasteiger partial charge in [0.25, 0.3) is 0 Å². The second kappa shape index (κ2) is 6.25. The zero-order valence-electron chi connectivity index (χ0n) is 12.0. The molecule has 0 aromatic rings. The summed E-state index contributed by atoms with van der Waals surface area (Å²) in [7, 11) is 0. The lowest BCUT2D eigenvalue weighted by atomic mass is 9.85. The number of hydrogen-bond acceptors (Lipinski definition) is 2. The molecule has 0 spiro atoms. The minimum atomic E-state index is 0.289. The van der Waals surface area contributed by atoms with Crippen molar-refractivity contribution < 1.29 is 4.79 Å². The molecule has 2 saturated carbocycles. The van der Waals surface area contributed by atoms with Crippen LogP contribution in [0.25, 0.3) is 0 Å². The fourth-order valence-electron chi connectivity index (χ4n) is 4.05. The third kappa shape index (κ3) is 3.71. The molecule has 0 unspecified atom stereocenters. The van der Waals surface area contributed by atoms with Crippen molar-refractivity contribution >= 4 is 5.91 Å². The molecule has 3 nitrogen and oxygen atoms in total. The molecule has 0 bridgehead atoms. The highest BCUT2D eigenvalue weighted by molar-refractivity contribution is 5.76. The van der Waals surface area contributed by atoms with Gasteiger partial charge in [0.15, 0.2) is 0 Å². The Bertz CT molecular complexity index is 306. The van der Waals surface area contributed by atoms with Crippen LogP contribution in [-0.4, -0.2) is 24.5 Å². The summed E-state index contributed by atoms with van der Waals surface area (Å²) in [5.41, 5.74) is 0. The van der Waals surface area contributed by atoms with Gasteiger partial charge in [0.05, 0.1) is 0 Å². The fraction of sp³-hybridized carbons (Fsp3) is 0.938. The molecule has 1 aliphatic heterocycles. The van der Waals surface area contributed by atoms with E-state index in [1.54, 1.807) is 0 Å². The zero-order valence-corrected chi connectivity index (χ0v) is 12.0. The van der Waals surface area contributed by atoms with Crippen LogP contribution in [0.3, 0.4) is 0 Å². The van der Waals surface area contributed by atoms with Gasteiger partial charge in [-0.3, -0.25) is 4.79 Å². The lowest BCUT2D eigenvalue weighted by Crippen LogP contribution is -2.30. The highest BCUT2D eigenvalue weighted by Gasteiger charge is 2.43. The summed E-state index contributed by atoms with van der Waals surface area (Å²) in [4.78, 5) is 11.9. The maximum atomic E-state index is 11.9. The quantitative estimate of drug-likeness (QED) is 0.801. The number of carbonyl (C=O) groups is 1. The Morgan fingerprint density at radius 1 is 1.11 bits per heavy atom. The van der Waals surface area contributed by atoms with Gasteiger partial charge in [-0.2, -0.15) is 0 Å². The number of amides is 1. The number of carbonyl (C=O) groups excluding carboxylic acids is 1. The molecular formula is C16H28N2O. The molecule has 1 amide bonds. The predicted molar refractivity (Wildman–Crippen MR) is 76.9 cm³/mol. The lowest BCUT2D eigenvalue weighted by Gasteiger charge is -2.21. The molecular weight excluding hydrogens is 236 g/mol. The standard InChI is InChI=1S/C16H28N2O/c19-16(9-8-13-7-4-10-17-13)18-15-11-14(15)12-5-2-1-3-6-12/h12-15,17H,1-11H2,(H,18,19)/t13-,14+,15+/m0/s1. The monoisotopic (exact) mass is 264 g/mol. The molecule has 3 rings (SSSR count). The van der Waals surface area contributed by atoms with Crippen molar-refractivity contribution in [2.24, 2.45) is 11.8 Å². The van der Waals surface area contributed by atoms with E-state index in [2.05, 4.69) is 10.6 Å². The van der Waals surface area contributed by atoms with Crippen LogP contribution in [0, 0.1) is 11.8 Å². The van der Waals surface area contributed by atoms with E-state index in [4.69, 9.17) is 0 Å². The van der Waals surface area contributed by atoms with Crippen LogP contribution in [0.4, 0.5) is 0 Å². The minimum Gasteiger partial charge on any atom is -0.353 e. The molecule has 19 heavy (non-hydrogen) atoms. The van der Waals surface area contributed by atoms with Crippen molar-refractivity contribution in [3.63, 3.8) is 0 Å². The molecule has 0 radical (unpaired) electrons. The number of nitrogens with one attached hydrogen (secondary N) is 2. The first kappa shape index (κ1) is 13.4. The summed E-state index contributed by atoms with van der Waals surface area (Å²) in [6.45, 7) is 1.14. The Labute approximate surface area is 116 Å². The highest BCUT2D eigenvalue weighted by Crippen LogP contribution is 2.44. The normalized spacial score (nSPS) is 35.3. The lowest BCUT2D eigenvalue weighted by molar-refractivity contribution is -0.121. The first-order chi connectivity index (χ1) is 9.33. The summed E-state index contributed by atoms with van der Waals surface area (Å²) in [6, 6.07) is 1.12. The first-order valence-electron chi connectivity index (χ1n) is 8.35. The van der Waals surface area contributed by atoms with Crippen LogP contribution >= 0.6 is 0 Å². The highest BCUT2D eigenvalue weighted by atomic mass is 16.1. The molecule has 0 aromatic heterocycles. The van der Waals surface area contributed by atoms with Gasteiger partial charge in [0.1, 0.15) is 0 Å². The Morgan fingerprint density at radius 2 is 1.95 bits per heavy atom. The number of hydrogen-bond donors (Lipinski definition) is 2. The van der Waals surface area contributed by atoms with E-state index in [0.717, 1.165) is 24.8 Å². The second-order valence-electron chi connectivity index (χ2n) is 6.80. The summed E-state index contributed by atoms with van der Waals surface area (Å²) >= 11 is 0. The molecule has 2 N–H and O–H groups in total. The van der Waals surface area contributed by atoms with E-state index >= 15 is 0 Å². The van der Waals surface area contributed by atoms with Gasteiger partial charge < -0.3 is 10.6 Å². The summed E-state index contributed by atoms with van der Waals surface area (Å²) < 4.78 is 0. The summed E-state index contributed by atoms with van der Waals surface area (Å²) in [6.07, 6.45) is 12.6. The molecule has 3 atom stereocenters. The van der Waals surface area contributed by atoms with Crippen molar-refractivity contribution in [2.75, 3.05) is 6.54 Å². The molecule has 2 aliphatic carbocycles. The average Bonchev–Trinajstić information content (AvgIpc) is 3.00. The third-order valence-corrected chi connectivity index (χ3v) is 5.32. The van der Waals surface area contributed by atoms with E-state index < -0.39 is 0 Å². The van der Waals surface area contributed by atoms with Crippen LogP contribution < -0.4 is 10.6 Å². The summed E-state index contributed by atoms with van der Waals surface area (Å²) in [5, 5.41) is 6.72. The Kier molecular flexibility index (Phi) is 4.42. The molecule has 1 saturated heterocycles. The third-order valence-electron chi connectivity index (χ3n) is 5.32. The SMILES string of the molecule is O=C(CC[C@@H]1CCCN1)N[C@@H]1C[C@@H]1C1CCCCC1. The molecule has 3 heteroatoms. The van der Waals surface area contributed by atoms with Crippen LogP contribution in [0.1, 0.15) is 64.2 Å². The van der Waals surface area contributed by atoms with Crippen molar-refractivity contribution in [3.8, 4) is 0 Å². The van der Waals surface area contributed by atoms with Gasteiger partial charge in [-0.25, -0.2) is 0 Å². The Morgan fingerprint density at radius 3 is 2.68 bits per heavy atom. The van der Waals surface area contributed by atoms with E-state index in [0.29, 0.717) is 18.5 Å². The molecule has 108 valence electrons. The smallest absolute Gasteiger partial charge is 0.220 e. The van der Waals surface area contributed by atoms with E-state index in [-0.39, 0.29) is 5.91 Å². The van der Waals surface area contributed by atoms with Gasteiger partial charge in [0.2, 0.25) is 5.91 Å². The molecule has 3 aliphatic rings. The maximum absolute atomic E-state index is 11.9. The van der Waals surface area contributed by atoms with Gasteiger partial charge in [-0.15, -0.1) is 0 Å². The van der Waals surface area contributed by atoms with Crippen molar-refractivity contribution in [3.05, 3.63) is 0 Å². The van der Waals surface area contributed by atoms with E-state index in [1.165, 1.54) is 51.4 Å². The Balaban J connectivity index is 1.32. The minimum absolute atomic E-state index is 0.289. The maximum Gasteiger partial charge on any atom is 0.220 e. The van der Waals surface area contributed by atoms with Crippen molar-refractivity contribution in [1.82, 2.24) is 10.6 Å². The van der Waals surface area contributed by atoms with Gasteiger partial charge in [-0.1, -0.05) is 32.1 Å². The number of rotatable bonds is 5. The van der Waals surface area contributed by atoms with E-state index in [9.17, 15) is 4.79 Å². The van der Waals surface area contributed by atoms with E-state index in [1.807, 2.05) is 0 Å². The Hall–Kier alpha value is -0.570. The molecule has 0 aromatic carbocycles. The molecule has 1 heterocycles.